The largest absolute Gasteiger partial charge is 0.497 e. The summed E-state index contributed by atoms with van der Waals surface area (Å²) in [6.45, 7) is 3.77. The SMILES string of the molecule is COc1ccc(NC(=O)Cn2cc(C(=O)c3ccc(C)c(C)c3)c(=O)c3cc4c(cc32)OCO4)cc1. The van der Waals surface area contributed by atoms with Crippen LogP contribution in [0.2, 0.25) is 0 Å². The molecule has 2 heterocycles. The maximum absolute atomic E-state index is 13.4. The fourth-order valence-electron chi connectivity index (χ4n) is 4.14. The van der Waals surface area contributed by atoms with E-state index in [0.29, 0.717) is 34.0 Å². The average Bonchev–Trinajstić information content (AvgIpc) is 3.34. The zero-order chi connectivity index (χ0) is 25.4. The Kier molecular flexibility index (Phi) is 5.93. The molecule has 5 rings (SSSR count). The fourth-order valence-corrected chi connectivity index (χ4v) is 4.14. The van der Waals surface area contributed by atoms with E-state index in [-0.39, 0.29) is 30.2 Å². The molecule has 0 unspecified atom stereocenters. The Labute approximate surface area is 207 Å². The van der Waals surface area contributed by atoms with Crippen LogP contribution in [0.25, 0.3) is 10.9 Å². The van der Waals surface area contributed by atoms with Gasteiger partial charge >= 0.3 is 0 Å². The second-order valence-electron chi connectivity index (χ2n) is 8.63. The van der Waals surface area contributed by atoms with Crippen LogP contribution in [-0.2, 0) is 11.3 Å². The average molecular weight is 485 g/mol. The number of fused-ring (bicyclic) bond motifs is 2. The minimum absolute atomic E-state index is 0.0261. The first-order valence-corrected chi connectivity index (χ1v) is 11.4. The number of methoxy groups -OCH3 is 1. The smallest absolute Gasteiger partial charge is 0.244 e. The maximum atomic E-state index is 13.4. The molecule has 8 nitrogen and oxygen atoms in total. The van der Waals surface area contributed by atoms with Crippen molar-refractivity contribution >= 4 is 28.3 Å². The Bertz CT molecular complexity index is 1570. The van der Waals surface area contributed by atoms with Gasteiger partial charge in [-0.2, -0.15) is 0 Å². The summed E-state index contributed by atoms with van der Waals surface area (Å²) in [6.07, 6.45) is 1.44. The van der Waals surface area contributed by atoms with Gasteiger partial charge in [0.15, 0.2) is 17.3 Å². The molecule has 0 saturated heterocycles. The summed E-state index contributed by atoms with van der Waals surface area (Å²) in [5.41, 5.74) is 3.00. The molecule has 3 aromatic carbocycles. The lowest BCUT2D eigenvalue weighted by molar-refractivity contribution is -0.116. The van der Waals surface area contributed by atoms with Gasteiger partial charge in [-0.3, -0.25) is 14.4 Å². The molecule has 4 aromatic rings. The summed E-state index contributed by atoms with van der Waals surface area (Å²) in [5.74, 6) is 0.827. The Morgan fingerprint density at radius 2 is 1.69 bits per heavy atom. The Morgan fingerprint density at radius 3 is 2.39 bits per heavy atom. The first-order valence-electron chi connectivity index (χ1n) is 11.4. The number of rotatable bonds is 6. The second kappa shape index (κ2) is 9.22. The number of amides is 1. The molecule has 1 amide bonds. The highest BCUT2D eigenvalue weighted by Crippen LogP contribution is 2.35. The predicted octanol–water partition coefficient (Wildman–Crippen LogP) is 4.23. The van der Waals surface area contributed by atoms with Crippen molar-refractivity contribution in [2.45, 2.75) is 20.4 Å². The molecule has 182 valence electrons. The van der Waals surface area contributed by atoms with E-state index in [0.717, 1.165) is 11.1 Å². The van der Waals surface area contributed by atoms with E-state index in [2.05, 4.69) is 5.32 Å². The maximum Gasteiger partial charge on any atom is 0.244 e. The fraction of sp³-hybridized carbons (Fsp3) is 0.179. The van der Waals surface area contributed by atoms with Crippen LogP contribution in [0.15, 0.2) is 65.6 Å². The topological polar surface area (TPSA) is 95.9 Å². The zero-order valence-electron chi connectivity index (χ0n) is 20.1. The summed E-state index contributed by atoms with van der Waals surface area (Å²) in [7, 11) is 1.57. The number of nitrogens with zero attached hydrogens (tertiary/aromatic N) is 1. The lowest BCUT2D eigenvalue weighted by atomic mass is 9.98. The molecule has 0 radical (unpaired) electrons. The van der Waals surface area contributed by atoms with E-state index in [1.165, 1.54) is 6.20 Å². The van der Waals surface area contributed by atoms with Gasteiger partial charge < -0.3 is 24.1 Å². The quantitative estimate of drug-likeness (QED) is 0.412. The standard InChI is InChI=1S/C28H24N2O6/c1-16-4-5-18(10-17(16)2)27(32)22-13-30(14-26(31)29-19-6-8-20(34-3)9-7-19)23-12-25-24(35-15-36-25)11-21(23)28(22)33/h4-13H,14-15H2,1-3H3,(H,29,31). The molecule has 1 aromatic heterocycles. The van der Waals surface area contributed by atoms with Crippen molar-refractivity contribution in [3.63, 3.8) is 0 Å². The van der Waals surface area contributed by atoms with Crippen LogP contribution in [0.5, 0.6) is 17.2 Å². The number of ketones is 1. The van der Waals surface area contributed by atoms with Crippen LogP contribution >= 0.6 is 0 Å². The Hall–Kier alpha value is -4.59. The number of nitrogens with one attached hydrogen (secondary N) is 1. The van der Waals surface area contributed by atoms with E-state index in [1.807, 2.05) is 19.9 Å². The lowest BCUT2D eigenvalue weighted by Gasteiger charge is -2.14. The number of hydrogen-bond donors (Lipinski definition) is 1. The Balaban J connectivity index is 1.57. The number of ether oxygens (including phenoxy) is 3. The van der Waals surface area contributed by atoms with Crippen molar-refractivity contribution in [2.24, 2.45) is 0 Å². The van der Waals surface area contributed by atoms with Crippen molar-refractivity contribution in [3.8, 4) is 17.2 Å². The van der Waals surface area contributed by atoms with Crippen LogP contribution in [0.3, 0.4) is 0 Å². The van der Waals surface area contributed by atoms with Gasteiger partial charge in [0, 0.05) is 23.5 Å². The molecular formula is C28H24N2O6. The summed E-state index contributed by atoms with van der Waals surface area (Å²) >= 11 is 0. The lowest BCUT2D eigenvalue weighted by Crippen LogP contribution is -2.24. The molecule has 0 bridgehead atoms. The van der Waals surface area contributed by atoms with Gasteiger partial charge in [-0.1, -0.05) is 12.1 Å². The number of pyridine rings is 1. The molecular weight excluding hydrogens is 460 g/mol. The van der Waals surface area contributed by atoms with Gasteiger partial charge in [-0.25, -0.2) is 0 Å². The van der Waals surface area contributed by atoms with Crippen molar-refractivity contribution in [2.75, 3.05) is 19.2 Å². The minimum Gasteiger partial charge on any atom is -0.497 e. The highest BCUT2D eigenvalue weighted by molar-refractivity contribution is 6.10. The van der Waals surface area contributed by atoms with Crippen LogP contribution in [0.1, 0.15) is 27.0 Å². The van der Waals surface area contributed by atoms with Crippen LogP contribution in [-0.4, -0.2) is 30.2 Å². The normalized spacial score (nSPS) is 12.0. The van der Waals surface area contributed by atoms with Gasteiger partial charge in [-0.05, 0) is 61.4 Å². The number of benzene rings is 3. The van der Waals surface area contributed by atoms with E-state index in [4.69, 9.17) is 14.2 Å². The molecule has 0 aliphatic carbocycles. The van der Waals surface area contributed by atoms with Gasteiger partial charge in [0.1, 0.15) is 12.3 Å². The number of aromatic nitrogens is 1. The first kappa shape index (κ1) is 23.2. The number of carbonyl (C=O) groups excluding carboxylic acids is 2. The molecule has 0 atom stereocenters. The number of hydrogen-bond acceptors (Lipinski definition) is 6. The third kappa shape index (κ3) is 4.29. The van der Waals surface area contributed by atoms with Crippen molar-refractivity contribution in [1.82, 2.24) is 4.57 Å². The molecule has 0 saturated carbocycles. The summed E-state index contributed by atoms with van der Waals surface area (Å²) in [5, 5.41) is 3.10. The summed E-state index contributed by atoms with van der Waals surface area (Å²) in [4.78, 5) is 39.8. The Morgan fingerprint density at radius 1 is 0.972 bits per heavy atom. The molecule has 8 heteroatoms. The molecule has 36 heavy (non-hydrogen) atoms. The van der Waals surface area contributed by atoms with E-state index < -0.39 is 11.2 Å². The first-order chi connectivity index (χ1) is 17.3. The van der Waals surface area contributed by atoms with Gasteiger partial charge in [0.2, 0.25) is 18.1 Å². The predicted molar refractivity (Wildman–Crippen MR) is 135 cm³/mol. The third-order valence-corrected chi connectivity index (χ3v) is 6.28. The van der Waals surface area contributed by atoms with Gasteiger partial charge in [0.05, 0.1) is 23.6 Å². The zero-order valence-corrected chi connectivity index (χ0v) is 20.1. The van der Waals surface area contributed by atoms with Crippen LogP contribution in [0, 0.1) is 13.8 Å². The molecule has 0 spiro atoms. The monoisotopic (exact) mass is 484 g/mol. The highest BCUT2D eigenvalue weighted by Gasteiger charge is 2.22. The molecule has 1 aliphatic rings. The number of aryl methyl sites for hydroxylation is 2. The third-order valence-electron chi connectivity index (χ3n) is 6.28. The molecule has 0 fully saturated rings. The van der Waals surface area contributed by atoms with E-state index >= 15 is 0 Å². The summed E-state index contributed by atoms with van der Waals surface area (Å²) in [6, 6.07) is 15.5. The number of carbonyl (C=O) groups is 2. The second-order valence-corrected chi connectivity index (χ2v) is 8.63. The molecule has 1 aliphatic heterocycles. The van der Waals surface area contributed by atoms with Crippen molar-refractivity contribution in [3.05, 3.63) is 93.3 Å². The molecule has 1 N–H and O–H groups in total. The minimum atomic E-state index is -0.432. The van der Waals surface area contributed by atoms with E-state index in [9.17, 15) is 14.4 Å². The van der Waals surface area contributed by atoms with E-state index in [1.54, 1.807) is 60.2 Å². The van der Waals surface area contributed by atoms with Crippen LogP contribution in [0.4, 0.5) is 5.69 Å². The number of anilines is 1. The van der Waals surface area contributed by atoms with Crippen molar-refractivity contribution < 1.29 is 23.8 Å². The van der Waals surface area contributed by atoms with Gasteiger partial charge in [0.25, 0.3) is 0 Å². The highest BCUT2D eigenvalue weighted by atomic mass is 16.7. The van der Waals surface area contributed by atoms with Gasteiger partial charge in [-0.15, -0.1) is 0 Å². The summed E-state index contributed by atoms with van der Waals surface area (Å²) < 4.78 is 17.7. The van der Waals surface area contributed by atoms with Crippen LogP contribution < -0.4 is 25.0 Å². The van der Waals surface area contributed by atoms with Crippen molar-refractivity contribution in [1.29, 1.82) is 0 Å².